The normalized spacial score (nSPS) is 27.3. The molecule has 2 fully saturated rings. The van der Waals surface area contributed by atoms with Crippen LogP contribution in [-0.4, -0.2) is 36.5 Å². The molecule has 3 nitrogen and oxygen atoms in total. The SMILES string of the molecule is O=C(c1cc(Br)sc1Br)N1C[C@@H]2CCCN[C@@H]2C1. The summed E-state index contributed by atoms with van der Waals surface area (Å²) in [6.45, 7) is 2.84. The molecule has 1 aromatic heterocycles. The van der Waals surface area contributed by atoms with Gasteiger partial charge in [0.05, 0.1) is 13.1 Å². The van der Waals surface area contributed by atoms with E-state index < -0.39 is 0 Å². The van der Waals surface area contributed by atoms with Gasteiger partial charge in [-0.15, -0.1) is 11.3 Å². The Morgan fingerprint density at radius 3 is 2.94 bits per heavy atom. The molecule has 0 bridgehead atoms. The standard InChI is InChI=1S/C12H14Br2N2OS/c13-10-4-8(11(14)18-10)12(17)16-5-7-2-1-3-15-9(7)6-16/h4,7,9,15H,1-3,5-6H2/t7-,9+/m0/s1. The van der Waals surface area contributed by atoms with Gasteiger partial charge in [0.15, 0.2) is 0 Å². The van der Waals surface area contributed by atoms with E-state index in [0.29, 0.717) is 12.0 Å². The number of amides is 1. The van der Waals surface area contributed by atoms with Gasteiger partial charge in [0, 0.05) is 19.1 Å². The third kappa shape index (κ3) is 2.40. The number of fused-ring (bicyclic) bond motifs is 1. The van der Waals surface area contributed by atoms with Crippen LogP contribution in [0.2, 0.25) is 0 Å². The third-order valence-corrected chi connectivity index (χ3v) is 6.11. The summed E-state index contributed by atoms with van der Waals surface area (Å²) in [5.74, 6) is 0.795. The number of piperidine rings is 1. The van der Waals surface area contributed by atoms with Crippen molar-refractivity contribution in [3.8, 4) is 0 Å². The molecule has 1 amide bonds. The molecule has 3 heterocycles. The molecule has 0 saturated carbocycles. The second-order valence-corrected chi connectivity index (χ2v) is 8.66. The molecule has 2 aliphatic rings. The summed E-state index contributed by atoms with van der Waals surface area (Å²) in [5, 5.41) is 3.52. The summed E-state index contributed by atoms with van der Waals surface area (Å²) in [4.78, 5) is 14.5. The Hall–Kier alpha value is 0.0900. The fourth-order valence-corrected chi connectivity index (χ4v) is 5.65. The van der Waals surface area contributed by atoms with Crippen molar-refractivity contribution < 1.29 is 4.79 Å². The smallest absolute Gasteiger partial charge is 0.255 e. The molecule has 0 aliphatic carbocycles. The zero-order valence-electron chi connectivity index (χ0n) is 9.79. The predicted molar refractivity (Wildman–Crippen MR) is 80.1 cm³/mol. The first-order chi connectivity index (χ1) is 8.65. The predicted octanol–water partition coefficient (Wildman–Crippen LogP) is 3.10. The first-order valence-corrected chi connectivity index (χ1v) is 8.53. The highest BCUT2D eigenvalue weighted by Crippen LogP contribution is 2.34. The van der Waals surface area contributed by atoms with E-state index in [1.807, 2.05) is 11.0 Å². The fourth-order valence-electron chi connectivity index (χ4n) is 2.87. The minimum absolute atomic E-state index is 0.153. The Kier molecular flexibility index (Phi) is 3.80. The Bertz CT molecular complexity index is 463. The average molecular weight is 394 g/mol. The quantitative estimate of drug-likeness (QED) is 0.794. The van der Waals surface area contributed by atoms with Gasteiger partial charge in [0.1, 0.15) is 0 Å². The topological polar surface area (TPSA) is 32.3 Å². The lowest BCUT2D eigenvalue weighted by Crippen LogP contribution is -2.41. The van der Waals surface area contributed by atoms with Gasteiger partial charge < -0.3 is 10.2 Å². The number of hydrogen-bond donors (Lipinski definition) is 1. The minimum Gasteiger partial charge on any atom is -0.337 e. The number of carbonyl (C=O) groups excluding carboxylic acids is 1. The minimum atomic E-state index is 0.153. The van der Waals surface area contributed by atoms with Crippen LogP contribution in [0.25, 0.3) is 0 Å². The van der Waals surface area contributed by atoms with Gasteiger partial charge in [-0.2, -0.15) is 0 Å². The van der Waals surface area contributed by atoms with Crippen molar-refractivity contribution in [3.63, 3.8) is 0 Å². The molecule has 0 spiro atoms. The van der Waals surface area contributed by atoms with E-state index in [1.165, 1.54) is 12.8 Å². The fraction of sp³-hybridized carbons (Fsp3) is 0.583. The van der Waals surface area contributed by atoms with Crippen molar-refractivity contribution in [1.82, 2.24) is 10.2 Å². The Morgan fingerprint density at radius 2 is 2.28 bits per heavy atom. The molecule has 0 aromatic carbocycles. The second kappa shape index (κ2) is 5.23. The molecule has 1 N–H and O–H groups in total. The van der Waals surface area contributed by atoms with Crippen molar-refractivity contribution in [1.29, 1.82) is 0 Å². The van der Waals surface area contributed by atoms with Crippen LogP contribution >= 0.6 is 43.2 Å². The number of thiophene rings is 1. The Balaban J connectivity index is 1.76. The highest BCUT2D eigenvalue weighted by molar-refractivity contribution is 9.12. The molecular weight excluding hydrogens is 380 g/mol. The molecular formula is C12H14Br2N2OS. The van der Waals surface area contributed by atoms with E-state index in [0.717, 1.165) is 32.8 Å². The average Bonchev–Trinajstić information content (AvgIpc) is 2.91. The highest BCUT2D eigenvalue weighted by Gasteiger charge is 2.37. The third-order valence-electron chi connectivity index (χ3n) is 3.77. The van der Waals surface area contributed by atoms with E-state index in [9.17, 15) is 4.79 Å². The zero-order valence-corrected chi connectivity index (χ0v) is 13.8. The maximum absolute atomic E-state index is 12.5. The van der Waals surface area contributed by atoms with Gasteiger partial charge in [-0.25, -0.2) is 0 Å². The molecule has 3 rings (SSSR count). The Labute approximate surface area is 127 Å². The molecule has 6 heteroatoms. The van der Waals surface area contributed by atoms with Crippen LogP contribution in [0.5, 0.6) is 0 Å². The van der Waals surface area contributed by atoms with E-state index in [-0.39, 0.29) is 5.91 Å². The van der Waals surface area contributed by atoms with E-state index in [1.54, 1.807) is 11.3 Å². The van der Waals surface area contributed by atoms with Crippen LogP contribution in [-0.2, 0) is 0 Å². The summed E-state index contributed by atoms with van der Waals surface area (Å²) in [6, 6.07) is 2.41. The van der Waals surface area contributed by atoms with E-state index in [4.69, 9.17) is 0 Å². The summed E-state index contributed by atoms with van der Waals surface area (Å²) in [5.41, 5.74) is 0.783. The van der Waals surface area contributed by atoms with Gasteiger partial charge in [-0.1, -0.05) is 0 Å². The number of likely N-dealkylation sites (tertiary alicyclic amines) is 1. The molecule has 98 valence electrons. The second-order valence-electron chi connectivity index (χ2n) is 4.91. The molecule has 1 aromatic rings. The maximum Gasteiger partial charge on any atom is 0.255 e. The number of nitrogens with one attached hydrogen (secondary N) is 1. The van der Waals surface area contributed by atoms with Crippen LogP contribution < -0.4 is 5.32 Å². The summed E-state index contributed by atoms with van der Waals surface area (Å²) in [7, 11) is 0. The van der Waals surface area contributed by atoms with Gasteiger partial charge >= 0.3 is 0 Å². The van der Waals surface area contributed by atoms with Crippen LogP contribution in [0, 0.1) is 5.92 Å². The van der Waals surface area contributed by atoms with Crippen molar-refractivity contribution >= 4 is 49.1 Å². The lowest BCUT2D eigenvalue weighted by atomic mass is 9.94. The van der Waals surface area contributed by atoms with Crippen molar-refractivity contribution in [2.75, 3.05) is 19.6 Å². The lowest BCUT2D eigenvalue weighted by Gasteiger charge is -2.24. The molecule has 2 aliphatic heterocycles. The highest BCUT2D eigenvalue weighted by atomic mass is 79.9. The number of carbonyl (C=O) groups is 1. The van der Waals surface area contributed by atoms with Gasteiger partial charge in [-0.05, 0) is 63.2 Å². The molecule has 2 saturated heterocycles. The number of halogens is 2. The molecule has 18 heavy (non-hydrogen) atoms. The van der Waals surface area contributed by atoms with E-state index in [2.05, 4.69) is 37.2 Å². The largest absolute Gasteiger partial charge is 0.337 e. The Morgan fingerprint density at radius 1 is 1.44 bits per heavy atom. The van der Waals surface area contributed by atoms with Gasteiger partial charge in [0.25, 0.3) is 5.91 Å². The lowest BCUT2D eigenvalue weighted by molar-refractivity contribution is 0.0785. The van der Waals surface area contributed by atoms with Crippen LogP contribution in [0.1, 0.15) is 23.2 Å². The van der Waals surface area contributed by atoms with Gasteiger partial charge in [-0.3, -0.25) is 4.79 Å². The van der Waals surface area contributed by atoms with Gasteiger partial charge in [0.2, 0.25) is 0 Å². The van der Waals surface area contributed by atoms with Crippen LogP contribution in [0.4, 0.5) is 0 Å². The van der Waals surface area contributed by atoms with Crippen molar-refractivity contribution in [3.05, 3.63) is 19.2 Å². The summed E-state index contributed by atoms with van der Waals surface area (Å²) in [6.07, 6.45) is 2.48. The number of nitrogens with zero attached hydrogens (tertiary/aromatic N) is 1. The maximum atomic E-state index is 12.5. The first-order valence-electron chi connectivity index (χ1n) is 6.12. The summed E-state index contributed by atoms with van der Waals surface area (Å²) >= 11 is 8.45. The van der Waals surface area contributed by atoms with Crippen molar-refractivity contribution in [2.24, 2.45) is 5.92 Å². The van der Waals surface area contributed by atoms with Crippen LogP contribution in [0.3, 0.4) is 0 Å². The first kappa shape index (κ1) is 13.1. The van der Waals surface area contributed by atoms with Crippen molar-refractivity contribution in [2.45, 2.75) is 18.9 Å². The summed E-state index contributed by atoms with van der Waals surface area (Å²) < 4.78 is 1.91. The number of hydrogen-bond acceptors (Lipinski definition) is 3. The monoisotopic (exact) mass is 392 g/mol. The number of rotatable bonds is 1. The van der Waals surface area contributed by atoms with Crippen LogP contribution in [0.15, 0.2) is 13.6 Å². The van der Waals surface area contributed by atoms with E-state index >= 15 is 0 Å². The molecule has 0 radical (unpaired) electrons. The molecule has 0 unspecified atom stereocenters. The zero-order chi connectivity index (χ0) is 12.7. The molecule has 2 atom stereocenters.